The number of thioether (sulfide) groups is 1. The first kappa shape index (κ1) is 26.9. The SMILES string of the molecule is COc1ccc(CSCC(=O)NCCS(=O)(=O)CCc2cc([N+](=O)[O-])ccc2OC(=O)O)cc1. The van der Waals surface area contributed by atoms with Crippen LogP contribution in [0, 0.1) is 10.1 Å². The Bertz CT molecular complexity index is 1120. The fourth-order valence-corrected chi connectivity index (χ4v) is 4.78. The zero-order valence-electron chi connectivity index (χ0n) is 18.3. The number of methoxy groups -OCH3 is 1. The van der Waals surface area contributed by atoms with Crippen molar-refractivity contribution in [2.24, 2.45) is 0 Å². The summed E-state index contributed by atoms with van der Waals surface area (Å²) < 4.78 is 34.3. The summed E-state index contributed by atoms with van der Waals surface area (Å²) in [5.74, 6) is 0.317. The van der Waals surface area contributed by atoms with Gasteiger partial charge in [0, 0.05) is 30.0 Å². The molecule has 13 heteroatoms. The third-order valence-electron chi connectivity index (χ3n) is 4.53. The molecule has 2 N–H and O–H groups in total. The van der Waals surface area contributed by atoms with Crippen molar-refractivity contribution in [3.8, 4) is 11.5 Å². The average Bonchev–Trinajstić information content (AvgIpc) is 2.78. The Kier molecular flexibility index (Phi) is 10.1. The second-order valence-corrected chi connectivity index (χ2v) is 10.3. The molecule has 1 amide bonds. The number of benzene rings is 2. The van der Waals surface area contributed by atoms with Gasteiger partial charge in [-0.2, -0.15) is 0 Å². The molecule has 0 saturated heterocycles. The van der Waals surface area contributed by atoms with Crippen molar-refractivity contribution in [2.45, 2.75) is 12.2 Å². The molecule has 0 spiro atoms. The molecule has 0 atom stereocenters. The summed E-state index contributed by atoms with van der Waals surface area (Å²) in [7, 11) is -2.05. The number of nitro benzene ring substituents is 1. The number of amides is 1. The predicted octanol–water partition coefficient (Wildman–Crippen LogP) is 2.67. The van der Waals surface area contributed by atoms with E-state index in [1.54, 1.807) is 7.11 Å². The van der Waals surface area contributed by atoms with Crippen molar-refractivity contribution in [2.75, 3.05) is 30.9 Å². The molecule has 0 radical (unpaired) electrons. The van der Waals surface area contributed by atoms with Crippen molar-refractivity contribution in [3.63, 3.8) is 0 Å². The summed E-state index contributed by atoms with van der Waals surface area (Å²) in [6.07, 6.45) is -1.80. The van der Waals surface area contributed by atoms with E-state index in [1.165, 1.54) is 11.8 Å². The molecule has 0 unspecified atom stereocenters. The number of rotatable bonds is 13. The lowest BCUT2D eigenvalue weighted by Gasteiger charge is -2.09. The minimum absolute atomic E-state index is 0.0825. The number of hydrogen-bond donors (Lipinski definition) is 2. The van der Waals surface area contributed by atoms with Crippen LogP contribution in [0.5, 0.6) is 11.5 Å². The second-order valence-electron chi connectivity index (χ2n) is 7.01. The number of carbonyl (C=O) groups is 2. The van der Waals surface area contributed by atoms with Crippen LogP contribution in [0.25, 0.3) is 0 Å². The van der Waals surface area contributed by atoms with Crippen LogP contribution in [-0.2, 0) is 26.8 Å². The van der Waals surface area contributed by atoms with Crippen LogP contribution in [0.2, 0.25) is 0 Å². The van der Waals surface area contributed by atoms with Gasteiger partial charge in [0.1, 0.15) is 11.5 Å². The lowest BCUT2D eigenvalue weighted by Crippen LogP contribution is -2.31. The predicted molar refractivity (Wildman–Crippen MR) is 126 cm³/mol. The Morgan fingerprint density at radius 3 is 2.47 bits per heavy atom. The van der Waals surface area contributed by atoms with E-state index >= 15 is 0 Å². The molecule has 2 aromatic rings. The zero-order chi connectivity index (χ0) is 25.1. The Balaban J connectivity index is 1.79. The van der Waals surface area contributed by atoms with Gasteiger partial charge in [0.05, 0.1) is 29.3 Å². The van der Waals surface area contributed by atoms with Gasteiger partial charge in [0.15, 0.2) is 9.84 Å². The Morgan fingerprint density at radius 1 is 1.15 bits per heavy atom. The Morgan fingerprint density at radius 2 is 1.85 bits per heavy atom. The van der Waals surface area contributed by atoms with Gasteiger partial charge in [-0.3, -0.25) is 14.9 Å². The third kappa shape index (κ3) is 9.27. The first-order valence-corrected chi connectivity index (χ1v) is 12.9. The van der Waals surface area contributed by atoms with Crippen LogP contribution < -0.4 is 14.8 Å². The summed E-state index contributed by atoms with van der Waals surface area (Å²) in [6.45, 7) is -0.0856. The van der Waals surface area contributed by atoms with Crippen LogP contribution in [0.15, 0.2) is 42.5 Å². The van der Waals surface area contributed by atoms with E-state index in [2.05, 4.69) is 10.1 Å². The number of nitrogens with zero attached hydrogens (tertiary/aromatic N) is 1. The zero-order valence-corrected chi connectivity index (χ0v) is 19.9. The number of ether oxygens (including phenoxy) is 2. The number of nitro groups is 1. The molecule has 0 aliphatic rings. The summed E-state index contributed by atoms with van der Waals surface area (Å²) >= 11 is 1.38. The quantitative estimate of drug-likeness (QED) is 0.177. The molecule has 2 rings (SSSR count). The maximum atomic E-state index is 12.3. The number of carbonyl (C=O) groups excluding carboxylic acids is 1. The van der Waals surface area contributed by atoms with E-state index in [-0.39, 0.29) is 47.4 Å². The third-order valence-corrected chi connectivity index (χ3v) is 7.19. The molecule has 0 aromatic heterocycles. The van der Waals surface area contributed by atoms with E-state index in [4.69, 9.17) is 9.84 Å². The Labute approximate surface area is 200 Å². The fourth-order valence-electron chi connectivity index (χ4n) is 2.82. The minimum atomic E-state index is -3.63. The number of carboxylic acid groups (broad SMARTS) is 1. The Hall–Kier alpha value is -3.32. The molecule has 34 heavy (non-hydrogen) atoms. The fraction of sp³-hybridized carbons (Fsp3) is 0.333. The van der Waals surface area contributed by atoms with E-state index in [9.17, 15) is 28.1 Å². The minimum Gasteiger partial charge on any atom is -0.497 e. The van der Waals surface area contributed by atoms with Crippen molar-refractivity contribution in [3.05, 3.63) is 63.7 Å². The van der Waals surface area contributed by atoms with Gasteiger partial charge in [-0.15, -0.1) is 11.8 Å². The standard InChI is InChI=1S/C21H24N2O9S2/c1-31-18-5-2-15(3-6-18)13-33-14-20(24)22-9-11-34(29,30)10-8-16-12-17(23(27)28)4-7-19(16)32-21(25)26/h2-7,12H,8-11,13-14H2,1H3,(H,22,24)(H,25,26). The van der Waals surface area contributed by atoms with E-state index in [0.717, 1.165) is 29.5 Å². The molecule has 2 aromatic carbocycles. The normalized spacial score (nSPS) is 11.0. The largest absolute Gasteiger partial charge is 0.511 e. The van der Waals surface area contributed by atoms with E-state index in [1.807, 2.05) is 24.3 Å². The first-order chi connectivity index (χ1) is 16.1. The second kappa shape index (κ2) is 12.8. The molecular formula is C21H24N2O9S2. The van der Waals surface area contributed by atoms with Crippen LogP contribution in [0.1, 0.15) is 11.1 Å². The van der Waals surface area contributed by atoms with Gasteiger partial charge < -0.3 is 19.9 Å². The van der Waals surface area contributed by atoms with Crippen molar-refractivity contribution in [1.82, 2.24) is 5.32 Å². The van der Waals surface area contributed by atoms with Crippen LogP contribution >= 0.6 is 11.8 Å². The van der Waals surface area contributed by atoms with Gasteiger partial charge in [0.2, 0.25) is 5.91 Å². The molecular weight excluding hydrogens is 488 g/mol. The van der Waals surface area contributed by atoms with Crippen molar-refractivity contribution < 1.29 is 37.5 Å². The highest BCUT2D eigenvalue weighted by Gasteiger charge is 2.18. The van der Waals surface area contributed by atoms with Gasteiger partial charge >= 0.3 is 6.16 Å². The molecule has 0 bridgehead atoms. The lowest BCUT2D eigenvalue weighted by molar-refractivity contribution is -0.384. The first-order valence-electron chi connectivity index (χ1n) is 9.95. The van der Waals surface area contributed by atoms with Crippen LogP contribution in [0.3, 0.4) is 0 Å². The average molecular weight is 513 g/mol. The maximum absolute atomic E-state index is 12.3. The number of nitrogens with one attached hydrogen (secondary N) is 1. The highest BCUT2D eigenvalue weighted by Crippen LogP contribution is 2.25. The number of sulfone groups is 1. The maximum Gasteiger partial charge on any atom is 0.511 e. The van der Waals surface area contributed by atoms with Crippen LogP contribution in [0.4, 0.5) is 10.5 Å². The summed E-state index contributed by atoms with van der Waals surface area (Å²) in [5.41, 5.74) is 0.789. The van der Waals surface area contributed by atoms with Gasteiger partial charge in [-0.05, 0) is 30.2 Å². The highest BCUT2D eigenvalue weighted by molar-refractivity contribution is 7.99. The monoisotopic (exact) mass is 512 g/mol. The highest BCUT2D eigenvalue weighted by atomic mass is 32.2. The molecule has 0 fully saturated rings. The van der Waals surface area contributed by atoms with Crippen molar-refractivity contribution in [1.29, 1.82) is 0 Å². The van der Waals surface area contributed by atoms with Gasteiger partial charge in [-0.25, -0.2) is 13.2 Å². The van der Waals surface area contributed by atoms with Crippen molar-refractivity contribution >= 4 is 39.3 Å². The smallest absolute Gasteiger partial charge is 0.497 e. The van der Waals surface area contributed by atoms with Gasteiger partial charge in [-0.1, -0.05) is 12.1 Å². The molecule has 0 heterocycles. The topological polar surface area (TPSA) is 162 Å². The number of non-ortho nitro benzene ring substituents is 1. The summed E-state index contributed by atoms with van der Waals surface area (Å²) in [4.78, 5) is 33.1. The summed E-state index contributed by atoms with van der Waals surface area (Å²) in [5, 5.41) is 22.3. The lowest BCUT2D eigenvalue weighted by atomic mass is 10.1. The number of hydrogen-bond acceptors (Lipinski definition) is 9. The summed E-state index contributed by atoms with van der Waals surface area (Å²) in [6, 6.07) is 10.7. The molecule has 0 aliphatic carbocycles. The van der Waals surface area contributed by atoms with Crippen LogP contribution in [-0.4, -0.2) is 61.4 Å². The van der Waals surface area contributed by atoms with Gasteiger partial charge in [0.25, 0.3) is 5.69 Å². The van der Waals surface area contributed by atoms with E-state index in [0.29, 0.717) is 5.75 Å². The molecule has 184 valence electrons. The molecule has 0 aliphatic heterocycles. The number of aryl methyl sites for hydroxylation is 1. The van der Waals surface area contributed by atoms with E-state index < -0.39 is 26.7 Å². The molecule has 11 nitrogen and oxygen atoms in total. The molecule has 0 saturated carbocycles.